The normalized spacial score (nSPS) is 16.3. The molecular formula is C24H26N4O4. The van der Waals surface area contributed by atoms with Crippen molar-refractivity contribution in [2.24, 2.45) is 7.05 Å². The highest BCUT2D eigenvalue weighted by molar-refractivity contribution is 6.39. The molecule has 1 aliphatic heterocycles. The lowest BCUT2D eigenvalue weighted by Gasteiger charge is -2.19. The highest BCUT2D eigenvalue weighted by Crippen LogP contribution is 2.20. The number of aromatic nitrogens is 2. The highest BCUT2D eigenvalue weighted by Gasteiger charge is 2.22. The number of benzene rings is 2. The lowest BCUT2D eigenvalue weighted by molar-refractivity contribution is -0.136. The second-order valence-corrected chi connectivity index (χ2v) is 7.68. The molecule has 2 aromatic carbocycles. The number of hydrogen-bond donors (Lipinski definition) is 2. The predicted octanol–water partition coefficient (Wildman–Crippen LogP) is 2.63. The third-order valence-electron chi connectivity index (χ3n) is 5.32. The van der Waals surface area contributed by atoms with Gasteiger partial charge in [-0.3, -0.25) is 9.59 Å². The Labute approximate surface area is 186 Å². The first kappa shape index (κ1) is 21.6. The standard InChI is InChI=1S/C24H26N4O4/c1-28-13-12-25-22(28)15-21(17-5-3-2-4-6-17)27-24(30)23(29)26-18-7-9-19(10-8-18)32-20-11-14-31-16-20/h2-10,12-13,20-21H,11,14-16H2,1H3,(H,26,29)(H,27,30). The Kier molecular flexibility index (Phi) is 6.81. The average Bonchev–Trinajstić information content (AvgIpc) is 3.47. The van der Waals surface area contributed by atoms with Crippen molar-refractivity contribution in [1.82, 2.24) is 14.9 Å². The van der Waals surface area contributed by atoms with Crippen molar-refractivity contribution < 1.29 is 19.1 Å². The van der Waals surface area contributed by atoms with Gasteiger partial charge in [0.25, 0.3) is 0 Å². The van der Waals surface area contributed by atoms with Crippen LogP contribution in [0.3, 0.4) is 0 Å². The minimum Gasteiger partial charge on any atom is -0.488 e. The van der Waals surface area contributed by atoms with E-state index in [0.717, 1.165) is 17.8 Å². The molecule has 0 saturated carbocycles. The zero-order valence-electron chi connectivity index (χ0n) is 17.9. The average molecular weight is 434 g/mol. The molecule has 0 spiro atoms. The van der Waals surface area contributed by atoms with Gasteiger partial charge in [0.15, 0.2) is 0 Å². The van der Waals surface area contributed by atoms with E-state index >= 15 is 0 Å². The summed E-state index contributed by atoms with van der Waals surface area (Å²) in [5.74, 6) is 0.0603. The van der Waals surface area contributed by atoms with Crippen LogP contribution in [0, 0.1) is 0 Å². The number of nitrogens with one attached hydrogen (secondary N) is 2. The van der Waals surface area contributed by atoms with E-state index in [1.165, 1.54) is 0 Å². The summed E-state index contributed by atoms with van der Waals surface area (Å²) in [5.41, 5.74) is 1.41. The molecule has 8 heteroatoms. The van der Waals surface area contributed by atoms with Crippen LogP contribution in [0.1, 0.15) is 23.9 Å². The second kappa shape index (κ2) is 10.1. The molecule has 1 aromatic heterocycles. The van der Waals surface area contributed by atoms with Gasteiger partial charge >= 0.3 is 11.8 Å². The van der Waals surface area contributed by atoms with Crippen LogP contribution < -0.4 is 15.4 Å². The number of hydrogen-bond acceptors (Lipinski definition) is 5. The molecule has 1 saturated heterocycles. The smallest absolute Gasteiger partial charge is 0.313 e. The van der Waals surface area contributed by atoms with Crippen molar-refractivity contribution >= 4 is 17.5 Å². The number of imidazole rings is 1. The summed E-state index contributed by atoms with van der Waals surface area (Å²) in [5, 5.41) is 5.47. The maximum absolute atomic E-state index is 12.7. The Morgan fingerprint density at radius 2 is 1.94 bits per heavy atom. The lowest BCUT2D eigenvalue weighted by Crippen LogP contribution is -2.38. The van der Waals surface area contributed by atoms with Crippen molar-refractivity contribution in [3.63, 3.8) is 0 Å². The van der Waals surface area contributed by atoms with E-state index < -0.39 is 11.8 Å². The van der Waals surface area contributed by atoms with Gasteiger partial charge in [-0.15, -0.1) is 0 Å². The van der Waals surface area contributed by atoms with E-state index in [4.69, 9.17) is 9.47 Å². The molecule has 2 heterocycles. The van der Waals surface area contributed by atoms with Gasteiger partial charge in [-0.1, -0.05) is 30.3 Å². The molecule has 2 N–H and O–H groups in total. The number of aryl methyl sites for hydroxylation is 1. The zero-order valence-corrected chi connectivity index (χ0v) is 17.9. The summed E-state index contributed by atoms with van der Waals surface area (Å²) in [4.78, 5) is 29.5. The fourth-order valence-electron chi connectivity index (χ4n) is 3.54. The summed E-state index contributed by atoms with van der Waals surface area (Å²) in [6.45, 7) is 1.29. The summed E-state index contributed by atoms with van der Waals surface area (Å²) in [6.07, 6.45) is 4.93. The van der Waals surface area contributed by atoms with Crippen LogP contribution in [0.15, 0.2) is 67.0 Å². The van der Waals surface area contributed by atoms with E-state index in [0.29, 0.717) is 31.1 Å². The van der Waals surface area contributed by atoms with Crippen LogP contribution >= 0.6 is 0 Å². The fraction of sp³-hybridized carbons (Fsp3) is 0.292. The van der Waals surface area contributed by atoms with Crippen LogP contribution in [0.4, 0.5) is 5.69 Å². The number of carbonyl (C=O) groups is 2. The van der Waals surface area contributed by atoms with Crippen LogP contribution in [-0.4, -0.2) is 40.7 Å². The first-order chi connectivity index (χ1) is 15.6. The Bertz CT molecular complexity index is 1040. The molecule has 0 aliphatic carbocycles. The van der Waals surface area contributed by atoms with Gasteiger partial charge in [-0.05, 0) is 29.8 Å². The third-order valence-corrected chi connectivity index (χ3v) is 5.32. The van der Waals surface area contributed by atoms with Crippen LogP contribution in [0.2, 0.25) is 0 Å². The number of anilines is 1. The monoisotopic (exact) mass is 434 g/mol. The fourth-order valence-corrected chi connectivity index (χ4v) is 3.54. The molecule has 0 bridgehead atoms. The molecule has 0 radical (unpaired) electrons. The number of carbonyl (C=O) groups excluding carboxylic acids is 2. The molecule has 1 fully saturated rings. The minimum absolute atomic E-state index is 0.0508. The Balaban J connectivity index is 1.38. The van der Waals surface area contributed by atoms with Crippen molar-refractivity contribution in [3.8, 4) is 5.75 Å². The molecule has 2 unspecified atom stereocenters. The molecule has 4 rings (SSSR count). The predicted molar refractivity (Wildman–Crippen MR) is 119 cm³/mol. The van der Waals surface area contributed by atoms with E-state index in [1.54, 1.807) is 30.5 Å². The van der Waals surface area contributed by atoms with Crippen LogP contribution in [-0.2, 0) is 27.8 Å². The van der Waals surface area contributed by atoms with Gasteiger partial charge in [-0.25, -0.2) is 4.98 Å². The molecule has 2 atom stereocenters. The molecule has 8 nitrogen and oxygen atoms in total. The Morgan fingerprint density at radius 1 is 1.16 bits per heavy atom. The molecule has 32 heavy (non-hydrogen) atoms. The zero-order chi connectivity index (χ0) is 22.3. The van der Waals surface area contributed by atoms with Gasteiger partial charge in [0.2, 0.25) is 0 Å². The maximum Gasteiger partial charge on any atom is 0.313 e. The molecule has 3 aromatic rings. The maximum atomic E-state index is 12.7. The van der Waals surface area contributed by atoms with Gasteiger partial charge in [0, 0.05) is 38.0 Å². The summed E-state index contributed by atoms with van der Waals surface area (Å²) < 4.78 is 13.0. The summed E-state index contributed by atoms with van der Waals surface area (Å²) >= 11 is 0. The van der Waals surface area contributed by atoms with Crippen molar-refractivity contribution in [3.05, 3.63) is 78.4 Å². The van der Waals surface area contributed by atoms with Crippen molar-refractivity contribution in [2.75, 3.05) is 18.5 Å². The first-order valence-electron chi connectivity index (χ1n) is 10.6. The molecule has 2 amide bonds. The lowest BCUT2D eigenvalue weighted by atomic mass is 10.0. The van der Waals surface area contributed by atoms with Gasteiger partial charge in [-0.2, -0.15) is 0 Å². The quantitative estimate of drug-likeness (QED) is 0.558. The topological polar surface area (TPSA) is 94.5 Å². The summed E-state index contributed by atoms with van der Waals surface area (Å²) in [6, 6.07) is 16.1. The molecule has 166 valence electrons. The number of rotatable bonds is 7. The van der Waals surface area contributed by atoms with Crippen LogP contribution in [0.25, 0.3) is 0 Å². The van der Waals surface area contributed by atoms with Crippen molar-refractivity contribution in [1.29, 1.82) is 0 Å². The van der Waals surface area contributed by atoms with Gasteiger partial charge < -0.3 is 24.7 Å². The summed E-state index contributed by atoms with van der Waals surface area (Å²) in [7, 11) is 1.89. The third kappa shape index (κ3) is 5.53. The van der Waals surface area contributed by atoms with Gasteiger partial charge in [0.05, 0.1) is 19.3 Å². The minimum atomic E-state index is -0.733. The van der Waals surface area contributed by atoms with Gasteiger partial charge in [0.1, 0.15) is 17.7 Å². The van der Waals surface area contributed by atoms with E-state index in [1.807, 2.05) is 48.1 Å². The van der Waals surface area contributed by atoms with Crippen LogP contribution in [0.5, 0.6) is 5.75 Å². The number of ether oxygens (including phenoxy) is 2. The highest BCUT2D eigenvalue weighted by atomic mass is 16.5. The number of nitrogens with zero attached hydrogens (tertiary/aromatic N) is 2. The SMILES string of the molecule is Cn1ccnc1CC(NC(=O)C(=O)Nc1ccc(OC2CCOC2)cc1)c1ccccc1. The van der Waals surface area contributed by atoms with E-state index in [-0.39, 0.29) is 12.1 Å². The van der Waals surface area contributed by atoms with E-state index in [9.17, 15) is 9.59 Å². The van der Waals surface area contributed by atoms with Crippen molar-refractivity contribution in [2.45, 2.75) is 25.0 Å². The first-order valence-corrected chi connectivity index (χ1v) is 10.6. The Morgan fingerprint density at radius 3 is 2.59 bits per heavy atom. The van der Waals surface area contributed by atoms with E-state index in [2.05, 4.69) is 15.6 Å². The second-order valence-electron chi connectivity index (χ2n) is 7.68. The largest absolute Gasteiger partial charge is 0.488 e. The Hall–Kier alpha value is -3.65. The molecular weight excluding hydrogens is 408 g/mol. The number of amides is 2. The molecule has 1 aliphatic rings.